The van der Waals surface area contributed by atoms with Gasteiger partial charge in [-0.2, -0.15) is 0 Å². The van der Waals surface area contributed by atoms with E-state index in [4.69, 9.17) is 0 Å². The van der Waals surface area contributed by atoms with E-state index in [-0.39, 0.29) is 11.7 Å². The number of imidazole rings is 1. The summed E-state index contributed by atoms with van der Waals surface area (Å²) in [6.45, 7) is 5.62. The highest BCUT2D eigenvalue weighted by Crippen LogP contribution is 2.17. The van der Waals surface area contributed by atoms with E-state index in [0.717, 1.165) is 24.4 Å². The summed E-state index contributed by atoms with van der Waals surface area (Å²) in [4.78, 5) is 20.9. The molecule has 3 aromatic rings. The first-order chi connectivity index (χ1) is 13.0. The van der Waals surface area contributed by atoms with Crippen LogP contribution < -0.4 is 5.32 Å². The van der Waals surface area contributed by atoms with Gasteiger partial charge in [0.25, 0.3) is 5.91 Å². The fourth-order valence-electron chi connectivity index (χ4n) is 2.88. The Hall–Kier alpha value is -3.02. The molecule has 0 aliphatic rings. The number of aromatic nitrogens is 3. The number of carbonyl (C=O) groups is 1. The lowest BCUT2D eigenvalue weighted by Gasteiger charge is -2.11. The van der Waals surface area contributed by atoms with Gasteiger partial charge in [0.15, 0.2) is 0 Å². The lowest BCUT2D eigenvalue weighted by Crippen LogP contribution is -2.25. The quantitative estimate of drug-likeness (QED) is 0.642. The number of pyridine rings is 1. The van der Waals surface area contributed by atoms with Crippen molar-refractivity contribution >= 4 is 5.91 Å². The van der Waals surface area contributed by atoms with Gasteiger partial charge in [0.2, 0.25) is 0 Å². The number of halogens is 1. The maximum Gasteiger partial charge on any atom is 0.252 e. The topological polar surface area (TPSA) is 59.8 Å². The minimum atomic E-state index is -0.286. The first kappa shape index (κ1) is 18.8. The fourth-order valence-corrected chi connectivity index (χ4v) is 2.88. The van der Waals surface area contributed by atoms with Crippen LogP contribution in [0.25, 0.3) is 11.3 Å². The molecule has 0 unspecified atom stereocenters. The van der Waals surface area contributed by atoms with Crippen molar-refractivity contribution in [2.45, 2.75) is 32.7 Å². The number of nitrogens with one attached hydrogen (secondary N) is 1. The molecule has 0 bridgehead atoms. The molecule has 3 rings (SSSR count). The van der Waals surface area contributed by atoms with Crippen LogP contribution in [0.3, 0.4) is 0 Å². The second kappa shape index (κ2) is 8.58. The van der Waals surface area contributed by atoms with Crippen molar-refractivity contribution in [2.24, 2.45) is 0 Å². The number of hydrogen-bond donors (Lipinski definition) is 1. The molecule has 5 nitrogen and oxygen atoms in total. The van der Waals surface area contributed by atoms with Crippen molar-refractivity contribution in [1.29, 1.82) is 0 Å². The largest absolute Gasteiger partial charge is 0.352 e. The lowest BCUT2D eigenvalue weighted by atomic mass is 10.1. The molecule has 2 aromatic heterocycles. The van der Waals surface area contributed by atoms with E-state index in [2.05, 4.69) is 33.7 Å². The van der Waals surface area contributed by atoms with Crippen LogP contribution in [0, 0.1) is 5.82 Å². The number of hydrogen-bond acceptors (Lipinski definition) is 3. The van der Waals surface area contributed by atoms with Crippen molar-refractivity contribution < 1.29 is 9.18 Å². The zero-order valence-electron chi connectivity index (χ0n) is 15.5. The molecule has 0 fully saturated rings. The third-order valence-corrected chi connectivity index (χ3v) is 4.29. The molecule has 0 aliphatic carbocycles. The van der Waals surface area contributed by atoms with Crippen LogP contribution in [0.1, 0.15) is 42.4 Å². The zero-order chi connectivity index (χ0) is 19.2. The summed E-state index contributed by atoms with van der Waals surface area (Å²) in [7, 11) is 0. The SMILES string of the molecule is CC(C)c1nccn1CCCNC(=O)c1ccc(-c2ccc(F)cc2)nc1. The molecule has 0 spiro atoms. The molecule has 0 aliphatic heterocycles. The number of aryl methyl sites for hydroxylation is 1. The Bertz CT molecular complexity index is 885. The Morgan fingerprint density at radius 1 is 1.15 bits per heavy atom. The van der Waals surface area contributed by atoms with Crippen LogP contribution in [0.15, 0.2) is 55.0 Å². The van der Waals surface area contributed by atoms with Gasteiger partial charge in [-0.25, -0.2) is 9.37 Å². The molecule has 0 saturated carbocycles. The maximum atomic E-state index is 13.0. The number of amides is 1. The molecule has 0 atom stereocenters. The Morgan fingerprint density at radius 2 is 1.93 bits per heavy atom. The number of rotatable bonds is 7. The third-order valence-electron chi connectivity index (χ3n) is 4.29. The first-order valence-electron chi connectivity index (χ1n) is 9.06. The van der Waals surface area contributed by atoms with E-state index in [1.807, 2.05) is 12.4 Å². The molecule has 0 saturated heterocycles. The summed E-state index contributed by atoms with van der Waals surface area (Å²) in [6.07, 6.45) is 6.14. The summed E-state index contributed by atoms with van der Waals surface area (Å²) in [5.74, 6) is 0.996. The van der Waals surface area contributed by atoms with E-state index >= 15 is 0 Å². The summed E-state index contributed by atoms with van der Waals surface area (Å²) < 4.78 is 15.1. The average molecular weight is 366 g/mol. The Balaban J connectivity index is 1.51. The molecular formula is C21H23FN4O. The fraction of sp³-hybridized carbons (Fsp3) is 0.286. The second-order valence-corrected chi connectivity index (χ2v) is 6.68. The molecule has 6 heteroatoms. The van der Waals surface area contributed by atoms with Crippen LogP contribution in [0.2, 0.25) is 0 Å². The molecule has 27 heavy (non-hydrogen) atoms. The van der Waals surface area contributed by atoms with Crippen molar-refractivity contribution in [2.75, 3.05) is 6.54 Å². The zero-order valence-corrected chi connectivity index (χ0v) is 15.5. The van der Waals surface area contributed by atoms with Gasteiger partial charge in [-0.05, 0) is 42.8 Å². The monoisotopic (exact) mass is 366 g/mol. The highest BCUT2D eigenvalue weighted by Gasteiger charge is 2.09. The minimum Gasteiger partial charge on any atom is -0.352 e. The predicted octanol–water partition coefficient (Wildman–Crippen LogP) is 4.03. The normalized spacial score (nSPS) is 11.0. The van der Waals surface area contributed by atoms with Gasteiger partial charge >= 0.3 is 0 Å². The summed E-state index contributed by atoms with van der Waals surface area (Å²) >= 11 is 0. The second-order valence-electron chi connectivity index (χ2n) is 6.68. The Kier molecular flexibility index (Phi) is 5.96. The van der Waals surface area contributed by atoms with Crippen LogP contribution in [0.5, 0.6) is 0 Å². The van der Waals surface area contributed by atoms with Crippen molar-refractivity contribution in [3.8, 4) is 11.3 Å². The Labute approximate surface area is 158 Å². The van der Waals surface area contributed by atoms with Crippen LogP contribution in [-0.4, -0.2) is 27.0 Å². The molecule has 2 heterocycles. The highest BCUT2D eigenvalue weighted by atomic mass is 19.1. The van der Waals surface area contributed by atoms with Crippen molar-refractivity contribution in [3.05, 3.63) is 72.2 Å². The van der Waals surface area contributed by atoms with Gasteiger partial charge in [-0.3, -0.25) is 9.78 Å². The molecule has 1 N–H and O–H groups in total. The average Bonchev–Trinajstić information content (AvgIpc) is 3.15. The standard InChI is InChI=1S/C21H23FN4O/c1-15(2)20-23-11-13-26(20)12-3-10-24-21(27)17-6-9-19(25-14-17)16-4-7-18(22)8-5-16/h4-9,11,13-15H,3,10,12H2,1-2H3,(H,24,27). The maximum absolute atomic E-state index is 13.0. The Morgan fingerprint density at radius 3 is 2.59 bits per heavy atom. The minimum absolute atomic E-state index is 0.150. The highest BCUT2D eigenvalue weighted by molar-refractivity contribution is 5.94. The molecule has 140 valence electrons. The van der Waals surface area contributed by atoms with Crippen molar-refractivity contribution in [3.63, 3.8) is 0 Å². The van der Waals surface area contributed by atoms with Gasteiger partial charge in [0.05, 0.1) is 11.3 Å². The molecular weight excluding hydrogens is 343 g/mol. The van der Waals surface area contributed by atoms with Gasteiger partial charge in [-0.1, -0.05) is 13.8 Å². The predicted molar refractivity (Wildman–Crippen MR) is 103 cm³/mol. The lowest BCUT2D eigenvalue weighted by molar-refractivity contribution is 0.0952. The van der Waals surface area contributed by atoms with E-state index < -0.39 is 0 Å². The molecule has 0 radical (unpaired) electrons. The number of nitrogens with zero attached hydrogens (tertiary/aromatic N) is 3. The van der Waals surface area contributed by atoms with E-state index in [1.165, 1.54) is 12.1 Å². The number of carbonyl (C=O) groups excluding carboxylic acids is 1. The number of benzene rings is 1. The van der Waals surface area contributed by atoms with Crippen LogP contribution >= 0.6 is 0 Å². The van der Waals surface area contributed by atoms with Crippen LogP contribution in [-0.2, 0) is 6.54 Å². The summed E-state index contributed by atoms with van der Waals surface area (Å²) in [6, 6.07) is 9.61. The summed E-state index contributed by atoms with van der Waals surface area (Å²) in [5, 5.41) is 2.91. The van der Waals surface area contributed by atoms with Gasteiger partial charge in [0, 0.05) is 43.2 Å². The van der Waals surface area contributed by atoms with Gasteiger partial charge in [0.1, 0.15) is 11.6 Å². The molecule has 1 aromatic carbocycles. The first-order valence-corrected chi connectivity index (χ1v) is 9.06. The third kappa shape index (κ3) is 4.78. The van der Waals surface area contributed by atoms with E-state index in [9.17, 15) is 9.18 Å². The van der Waals surface area contributed by atoms with Gasteiger partial charge < -0.3 is 9.88 Å². The van der Waals surface area contributed by atoms with Gasteiger partial charge in [-0.15, -0.1) is 0 Å². The van der Waals surface area contributed by atoms with E-state index in [1.54, 1.807) is 30.5 Å². The van der Waals surface area contributed by atoms with Crippen LogP contribution in [0.4, 0.5) is 4.39 Å². The molecule has 1 amide bonds. The summed E-state index contributed by atoms with van der Waals surface area (Å²) in [5.41, 5.74) is 2.02. The smallest absolute Gasteiger partial charge is 0.252 e. The van der Waals surface area contributed by atoms with Crippen molar-refractivity contribution in [1.82, 2.24) is 19.9 Å². The van der Waals surface area contributed by atoms with E-state index in [0.29, 0.717) is 23.7 Å².